The maximum Gasteiger partial charge on any atom is 0.237 e. The van der Waals surface area contributed by atoms with Gasteiger partial charge in [0.2, 0.25) is 11.7 Å². The van der Waals surface area contributed by atoms with Gasteiger partial charge in [-0.25, -0.2) is 4.68 Å². The van der Waals surface area contributed by atoms with Crippen LogP contribution in [0.3, 0.4) is 0 Å². The van der Waals surface area contributed by atoms with Gasteiger partial charge in [0, 0.05) is 5.02 Å². The fourth-order valence-corrected chi connectivity index (χ4v) is 4.98. The number of aromatic nitrogens is 4. The van der Waals surface area contributed by atoms with Gasteiger partial charge in [-0.1, -0.05) is 45.9 Å². The zero-order valence-corrected chi connectivity index (χ0v) is 16.5. The van der Waals surface area contributed by atoms with Gasteiger partial charge in [-0.05, 0) is 47.9 Å². The second-order valence-electron chi connectivity index (χ2n) is 4.80. The third-order valence-electron chi connectivity index (χ3n) is 3.13. The molecule has 1 aromatic carbocycles. The fourth-order valence-electron chi connectivity index (χ4n) is 2.01. The van der Waals surface area contributed by atoms with Crippen molar-refractivity contribution in [3.8, 4) is 16.4 Å². The van der Waals surface area contributed by atoms with E-state index in [0.29, 0.717) is 26.4 Å². The number of benzene rings is 1. The molecule has 0 amide bonds. The lowest BCUT2D eigenvalue weighted by Crippen LogP contribution is -1.95. The Morgan fingerprint density at radius 3 is 2.84 bits per heavy atom. The van der Waals surface area contributed by atoms with Gasteiger partial charge in [0.15, 0.2) is 8.29 Å². The molecule has 0 aliphatic rings. The molecule has 0 fully saturated rings. The number of nitrogens with zero attached hydrogens (tertiary/aromatic N) is 4. The highest BCUT2D eigenvalue weighted by Crippen LogP contribution is 2.28. The minimum atomic E-state index is 0.543. The van der Waals surface area contributed by atoms with E-state index in [1.165, 1.54) is 23.1 Å². The predicted molar refractivity (Wildman–Crippen MR) is 104 cm³/mol. The predicted octanol–water partition coefficient (Wildman–Crippen LogP) is 5.72. The summed E-state index contributed by atoms with van der Waals surface area (Å²) in [7, 11) is 0. The zero-order valence-electron chi connectivity index (χ0n) is 12.5. The van der Waals surface area contributed by atoms with Crippen molar-refractivity contribution in [1.29, 1.82) is 0 Å². The monoisotopic (exact) mass is 424 g/mol. The van der Waals surface area contributed by atoms with E-state index < -0.39 is 0 Å². The molecule has 0 saturated heterocycles. The van der Waals surface area contributed by atoms with Gasteiger partial charge in [-0.2, -0.15) is 4.98 Å². The van der Waals surface area contributed by atoms with Gasteiger partial charge in [-0.3, -0.25) is 0 Å². The third kappa shape index (κ3) is 3.85. The molecule has 0 aliphatic heterocycles. The number of thioether (sulfide) groups is 1. The highest BCUT2D eigenvalue weighted by molar-refractivity contribution is 8.00. The van der Waals surface area contributed by atoms with Crippen LogP contribution >= 0.6 is 58.3 Å². The summed E-state index contributed by atoms with van der Waals surface area (Å²) in [6, 6.07) is 11.3. The Bertz CT molecular complexity index is 1040. The van der Waals surface area contributed by atoms with Crippen LogP contribution in [0.1, 0.15) is 5.89 Å². The maximum absolute atomic E-state index is 5.92. The van der Waals surface area contributed by atoms with Crippen molar-refractivity contribution < 1.29 is 4.52 Å². The first-order valence-corrected chi connectivity index (χ1v) is 10.5. The van der Waals surface area contributed by atoms with E-state index in [1.807, 2.05) is 41.8 Å². The van der Waals surface area contributed by atoms with Crippen LogP contribution < -0.4 is 0 Å². The van der Waals surface area contributed by atoms with E-state index in [2.05, 4.69) is 15.2 Å². The average molecular weight is 425 g/mol. The first-order chi connectivity index (χ1) is 12.2. The summed E-state index contributed by atoms with van der Waals surface area (Å²) < 4.78 is 8.54. The molecule has 0 radical (unpaired) electrons. The second kappa shape index (κ2) is 7.38. The van der Waals surface area contributed by atoms with Crippen LogP contribution in [0.15, 0.2) is 50.6 Å². The minimum absolute atomic E-state index is 0.543. The zero-order chi connectivity index (χ0) is 17.2. The van der Waals surface area contributed by atoms with Crippen molar-refractivity contribution in [2.75, 3.05) is 0 Å². The van der Waals surface area contributed by atoms with Gasteiger partial charge in [0.05, 0.1) is 16.3 Å². The van der Waals surface area contributed by atoms with Crippen molar-refractivity contribution in [2.45, 2.75) is 10.1 Å². The lowest BCUT2D eigenvalue weighted by atomic mass is 10.3. The van der Waals surface area contributed by atoms with Crippen LogP contribution in [0.4, 0.5) is 0 Å². The highest BCUT2D eigenvalue weighted by atomic mass is 35.5. The normalized spacial score (nSPS) is 11.1. The van der Waals surface area contributed by atoms with Crippen molar-refractivity contribution in [2.24, 2.45) is 0 Å². The lowest BCUT2D eigenvalue weighted by molar-refractivity contribution is 0.392. The molecule has 0 unspecified atom stereocenters. The Balaban J connectivity index is 1.48. The summed E-state index contributed by atoms with van der Waals surface area (Å²) in [4.78, 5) is 5.39. The Hall–Kier alpha value is -1.52. The first kappa shape index (κ1) is 16.9. The van der Waals surface area contributed by atoms with Gasteiger partial charge in [0.25, 0.3) is 0 Å². The molecule has 0 bridgehead atoms. The number of hydrogen-bond acceptors (Lipinski definition) is 8. The quantitative estimate of drug-likeness (QED) is 0.301. The molecular formula is C15H9ClN4OS4. The van der Waals surface area contributed by atoms with Gasteiger partial charge in [0.1, 0.15) is 0 Å². The smallest absolute Gasteiger partial charge is 0.237 e. The van der Waals surface area contributed by atoms with Crippen LogP contribution in [0, 0.1) is 3.95 Å². The molecule has 0 N–H and O–H groups in total. The number of rotatable bonds is 5. The molecule has 5 nitrogen and oxygen atoms in total. The molecule has 4 rings (SSSR count). The van der Waals surface area contributed by atoms with E-state index >= 15 is 0 Å². The van der Waals surface area contributed by atoms with Gasteiger partial charge < -0.3 is 4.52 Å². The summed E-state index contributed by atoms with van der Waals surface area (Å²) in [5, 5.41) is 11.2. The molecule has 10 heteroatoms. The largest absolute Gasteiger partial charge is 0.338 e. The van der Waals surface area contributed by atoms with Crippen LogP contribution in [-0.2, 0) is 5.75 Å². The molecule has 0 spiro atoms. The molecule has 3 aromatic heterocycles. The molecule has 0 saturated carbocycles. The first-order valence-electron chi connectivity index (χ1n) is 7.04. The van der Waals surface area contributed by atoms with Crippen molar-refractivity contribution in [3.63, 3.8) is 0 Å². The summed E-state index contributed by atoms with van der Waals surface area (Å²) in [6.45, 7) is 0. The highest BCUT2D eigenvalue weighted by Gasteiger charge is 2.12. The van der Waals surface area contributed by atoms with E-state index in [9.17, 15) is 0 Å². The third-order valence-corrected chi connectivity index (χ3v) is 6.60. The summed E-state index contributed by atoms with van der Waals surface area (Å²) in [5.41, 5.74) is 0.885. The number of thiophene rings is 1. The topological polar surface area (TPSA) is 56.7 Å². The Kier molecular flexibility index (Phi) is 5.00. The standard InChI is InChI=1S/C15H9ClN4OS4/c16-9-3-5-10(6-4-9)20-15(22)25-14(18-20)24-8-12-17-13(19-21-12)11-2-1-7-23-11/h1-7H,8H2. The van der Waals surface area contributed by atoms with Crippen molar-refractivity contribution >= 4 is 58.3 Å². The summed E-state index contributed by atoms with van der Waals surface area (Å²) >= 11 is 15.9. The fraction of sp³-hybridized carbons (Fsp3) is 0.0667. The van der Waals surface area contributed by atoms with E-state index in [4.69, 9.17) is 28.3 Å². The average Bonchev–Trinajstić information content (AvgIpc) is 3.34. The lowest BCUT2D eigenvalue weighted by Gasteiger charge is -1.99. The molecule has 4 aromatic rings. The van der Waals surface area contributed by atoms with Crippen molar-refractivity contribution in [3.05, 3.63) is 56.6 Å². The van der Waals surface area contributed by atoms with Crippen LogP contribution in [0.25, 0.3) is 16.4 Å². The van der Waals surface area contributed by atoms with Gasteiger partial charge in [-0.15, -0.1) is 16.4 Å². The molecule has 3 heterocycles. The van der Waals surface area contributed by atoms with Crippen LogP contribution in [0.2, 0.25) is 5.02 Å². The Labute approximate surface area is 165 Å². The van der Waals surface area contributed by atoms with Crippen LogP contribution in [0.5, 0.6) is 0 Å². The second-order valence-corrected chi connectivity index (χ2v) is 9.03. The van der Waals surface area contributed by atoms with Gasteiger partial charge >= 0.3 is 0 Å². The maximum atomic E-state index is 5.92. The summed E-state index contributed by atoms with van der Waals surface area (Å²) in [5.74, 6) is 1.72. The van der Waals surface area contributed by atoms with E-state index in [-0.39, 0.29) is 0 Å². The molecule has 0 aliphatic carbocycles. The van der Waals surface area contributed by atoms with E-state index in [0.717, 1.165) is 14.9 Å². The summed E-state index contributed by atoms with van der Waals surface area (Å²) in [6.07, 6.45) is 0. The van der Waals surface area contributed by atoms with Crippen molar-refractivity contribution in [1.82, 2.24) is 19.9 Å². The molecule has 126 valence electrons. The number of hydrogen-bond donors (Lipinski definition) is 0. The molecular weight excluding hydrogens is 416 g/mol. The SMILES string of the molecule is S=c1sc(SCc2nc(-c3cccs3)no2)nn1-c1ccc(Cl)cc1. The Morgan fingerprint density at radius 2 is 2.08 bits per heavy atom. The van der Waals surface area contributed by atoms with Crippen LogP contribution in [-0.4, -0.2) is 19.9 Å². The molecule has 0 atom stereocenters. The van der Waals surface area contributed by atoms with E-state index in [1.54, 1.807) is 16.0 Å². The number of halogens is 1. The minimum Gasteiger partial charge on any atom is -0.338 e. The molecule has 25 heavy (non-hydrogen) atoms. The Morgan fingerprint density at radius 1 is 1.24 bits per heavy atom.